The van der Waals surface area contributed by atoms with Gasteiger partial charge in [-0.3, -0.25) is 0 Å². The van der Waals surface area contributed by atoms with Crippen LogP contribution >= 0.6 is 0 Å². The van der Waals surface area contributed by atoms with Crippen molar-refractivity contribution in [3.63, 3.8) is 0 Å². The van der Waals surface area contributed by atoms with Crippen molar-refractivity contribution in [3.05, 3.63) is 0 Å². The van der Waals surface area contributed by atoms with Gasteiger partial charge < -0.3 is 23.8 Å². The van der Waals surface area contributed by atoms with Gasteiger partial charge in [0.05, 0.1) is 32.5 Å². The van der Waals surface area contributed by atoms with Crippen molar-refractivity contribution in [2.24, 2.45) is 11.3 Å². The number of carbonyl (C=O) groups excluding carboxylic acids is 1. The number of aliphatic hydroxyl groups excluding tert-OH is 1. The molecule has 1 saturated heterocycles. The molecule has 1 aliphatic carbocycles. The van der Waals surface area contributed by atoms with Gasteiger partial charge in [-0.1, -0.05) is 20.8 Å². The van der Waals surface area contributed by atoms with E-state index in [2.05, 4.69) is 20.8 Å². The number of ether oxygens (including phenoxy) is 3. The van der Waals surface area contributed by atoms with Gasteiger partial charge in [-0.05, 0) is 37.5 Å². The van der Waals surface area contributed by atoms with Crippen molar-refractivity contribution in [2.45, 2.75) is 59.2 Å². The molecule has 6 nitrogen and oxygen atoms in total. The molecule has 1 aliphatic heterocycles. The highest BCUT2D eigenvalue weighted by molar-refractivity contribution is 5.70. The molecule has 2 aliphatic rings. The van der Waals surface area contributed by atoms with Gasteiger partial charge >= 0.3 is 5.97 Å². The highest BCUT2D eigenvalue weighted by atomic mass is 16.5. The number of carbonyl (C=O) groups is 1. The third-order valence-corrected chi connectivity index (χ3v) is 5.66. The van der Waals surface area contributed by atoms with Crippen molar-refractivity contribution in [3.8, 4) is 0 Å². The molecule has 0 aromatic carbocycles. The van der Waals surface area contributed by atoms with Gasteiger partial charge in [-0.15, -0.1) is 0 Å². The number of aliphatic hydroxyl groups is 1. The molecule has 0 bridgehead atoms. The zero-order valence-electron chi connectivity index (χ0n) is 17.0. The Hall–Kier alpha value is -0.690. The van der Waals surface area contributed by atoms with Crippen LogP contribution in [-0.2, 0) is 19.0 Å². The smallest absolute Gasteiger partial charge is 0.361 e. The van der Waals surface area contributed by atoms with E-state index < -0.39 is 6.10 Å². The Labute approximate surface area is 158 Å². The fraction of sp³-hybridized carbons (Fsp3) is 0.950. The maximum Gasteiger partial charge on any atom is 0.361 e. The van der Waals surface area contributed by atoms with Crippen LogP contribution < -0.4 is 0 Å². The van der Waals surface area contributed by atoms with Crippen LogP contribution in [0, 0.1) is 11.3 Å². The van der Waals surface area contributed by atoms with Crippen molar-refractivity contribution in [1.29, 1.82) is 0 Å². The molecule has 26 heavy (non-hydrogen) atoms. The summed E-state index contributed by atoms with van der Waals surface area (Å²) in [5.41, 5.74) is 0.301. The summed E-state index contributed by atoms with van der Waals surface area (Å²) in [6.07, 6.45) is 2.97. The van der Waals surface area contributed by atoms with Gasteiger partial charge in [-0.2, -0.15) is 0 Å². The molecule has 1 heterocycles. The SMILES string of the molecule is CCOC(=O)C[N+]1(C[C@H](O)CO[C@@H]2C[C@H](C)CC(C)(C)C2)CCOCC1. The third-order valence-electron chi connectivity index (χ3n) is 5.66. The molecule has 152 valence electrons. The quantitative estimate of drug-likeness (QED) is 0.521. The third kappa shape index (κ3) is 6.80. The average Bonchev–Trinajstić information content (AvgIpc) is 2.52. The summed E-state index contributed by atoms with van der Waals surface area (Å²) in [4.78, 5) is 12.0. The number of hydrogen-bond acceptors (Lipinski definition) is 5. The highest BCUT2D eigenvalue weighted by Crippen LogP contribution is 2.39. The first kappa shape index (κ1) is 21.6. The molecule has 0 spiro atoms. The minimum absolute atomic E-state index is 0.203. The van der Waals surface area contributed by atoms with Crippen molar-refractivity contribution < 1.29 is 28.6 Å². The summed E-state index contributed by atoms with van der Waals surface area (Å²) >= 11 is 0. The van der Waals surface area contributed by atoms with Crippen LogP contribution in [-0.4, -0.2) is 80.4 Å². The summed E-state index contributed by atoms with van der Waals surface area (Å²) in [5, 5.41) is 10.6. The van der Waals surface area contributed by atoms with Crippen molar-refractivity contribution >= 4 is 5.97 Å². The van der Waals surface area contributed by atoms with Gasteiger partial charge in [0.1, 0.15) is 25.7 Å². The molecule has 0 amide bonds. The molecule has 0 aromatic heterocycles. The summed E-state index contributed by atoms with van der Waals surface area (Å²) in [7, 11) is 0. The monoisotopic (exact) mass is 372 g/mol. The number of morpholine rings is 1. The minimum atomic E-state index is -0.581. The fourth-order valence-corrected chi connectivity index (χ4v) is 4.75. The predicted molar refractivity (Wildman–Crippen MR) is 99.7 cm³/mol. The van der Waals surface area contributed by atoms with Crippen molar-refractivity contribution in [1.82, 2.24) is 0 Å². The van der Waals surface area contributed by atoms with E-state index in [-0.39, 0.29) is 12.1 Å². The number of rotatable bonds is 8. The summed E-state index contributed by atoms with van der Waals surface area (Å²) < 4.78 is 17.2. The summed E-state index contributed by atoms with van der Waals surface area (Å²) in [6, 6.07) is 0. The standard InChI is InChI=1S/C20H38NO5/c1-5-25-19(23)14-21(6-8-24-9-7-21)13-17(22)15-26-18-10-16(2)11-20(3,4)12-18/h16-18,22H,5-15H2,1-4H3/q+1/t16-,17-,18+/m0/s1. The Morgan fingerprint density at radius 2 is 2.00 bits per heavy atom. The van der Waals surface area contributed by atoms with Crippen LogP contribution in [0.4, 0.5) is 0 Å². The second-order valence-corrected chi connectivity index (χ2v) is 9.07. The molecule has 0 radical (unpaired) electrons. The first-order valence-electron chi connectivity index (χ1n) is 10.1. The van der Waals surface area contributed by atoms with Gasteiger partial charge in [0.25, 0.3) is 0 Å². The van der Waals surface area contributed by atoms with Crippen LogP contribution in [0.25, 0.3) is 0 Å². The second-order valence-electron chi connectivity index (χ2n) is 9.07. The molecule has 2 rings (SSSR count). The maximum atomic E-state index is 12.0. The zero-order valence-corrected chi connectivity index (χ0v) is 17.0. The molecule has 6 heteroatoms. The molecule has 0 aromatic rings. The van der Waals surface area contributed by atoms with Crippen LogP contribution in [0.5, 0.6) is 0 Å². The maximum absolute atomic E-state index is 12.0. The number of hydrogen-bond donors (Lipinski definition) is 1. The first-order valence-corrected chi connectivity index (χ1v) is 10.1. The van der Waals surface area contributed by atoms with Gasteiger partial charge in [0, 0.05) is 0 Å². The molecule has 2 fully saturated rings. The molecule has 0 unspecified atom stereocenters. The Morgan fingerprint density at radius 3 is 2.62 bits per heavy atom. The van der Waals surface area contributed by atoms with E-state index in [0.717, 1.165) is 25.9 Å². The average molecular weight is 373 g/mol. The second kappa shape index (κ2) is 9.49. The van der Waals surface area contributed by atoms with Crippen LogP contribution in [0.1, 0.15) is 47.0 Å². The topological polar surface area (TPSA) is 65.0 Å². The zero-order chi connectivity index (χ0) is 19.2. The lowest BCUT2D eigenvalue weighted by Gasteiger charge is -2.42. The fourth-order valence-electron chi connectivity index (χ4n) is 4.75. The molecular formula is C20H38NO5+. The number of nitrogens with zero attached hydrogens (tertiary/aromatic N) is 1. The van der Waals surface area contributed by atoms with E-state index >= 15 is 0 Å². The van der Waals surface area contributed by atoms with Crippen LogP contribution in [0.15, 0.2) is 0 Å². The lowest BCUT2D eigenvalue weighted by molar-refractivity contribution is -0.931. The minimum Gasteiger partial charge on any atom is -0.462 e. The Balaban J connectivity index is 1.86. The largest absolute Gasteiger partial charge is 0.462 e. The summed E-state index contributed by atoms with van der Waals surface area (Å²) in [5.74, 6) is 0.452. The van der Waals surface area contributed by atoms with Crippen LogP contribution in [0.3, 0.4) is 0 Å². The normalized spacial score (nSPS) is 29.1. The molecule has 1 N–H and O–H groups in total. The number of quaternary nitrogens is 1. The first-order chi connectivity index (χ1) is 12.2. The molecule has 1 saturated carbocycles. The summed E-state index contributed by atoms with van der Waals surface area (Å²) in [6.45, 7) is 12.9. The Morgan fingerprint density at radius 1 is 1.31 bits per heavy atom. The molecule has 3 atom stereocenters. The van der Waals surface area contributed by atoms with Gasteiger partial charge in [-0.25, -0.2) is 4.79 Å². The lowest BCUT2D eigenvalue weighted by Crippen LogP contribution is -2.60. The van der Waals surface area contributed by atoms with E-state index in [9.17, 15) is 9.90 Å². The highest BCUT2D eigenvalue weighted by Gasteiger charge is 2.37. The van der Waals surface area contributed by atoms with Gasteiger partial charge in [0.15, 0.2) is 6.54 Å². The van der Waals surface area contributed by atoms with Crippen LogP contribution in [0.2, 0.25) is 0 Å². The van der Waals surface area contributed by atoms with E-state index in [4.69, 9.17) is 14.2 Å². The number of esters is 1. The van der Waals surface area contributed by atoms with E-state index in [1.807, 2.05) is 6.92 Å². The lowest BCUT2D eigenvalue weighted by atomic mass is 9.71. The van der Waals surface area contributed by atoms with Gasteiger partial charge in [0.2, 0.25) is 0 Å². The van der Waals surface area contributed by atoms with Crippen molar-refractivity contribution in [2.75, 3.05) is 52.6 Å². The Bertz CT molecular complexity index is 447. The van der Waals surface area contributed by atoms with E-state index in [1.165, 1.54) is 6.42 Å². The van der Waals surface area contributed by atoms with E-state index in [1.54, 1.807) is 0 Å². The predicted octanol–water partition coefficient (Wildman–Crippen LogP) is 1.99. The van der Waals surface area contributed by atoms with E-state index in [0.29, 0.717) is 55.3 Å². The Kier molecular flexibility index (Phi) is 7.89. The molecular weight excluding hydrogens is 334 g/mol.